The van der Waals surface area contributed by atoms with Gasteiger partial charge in [0.25, 0.3) is 0 Å². The van der Waals surface area contributed by atoms with Gasteiger partial charge in [-0.2, -0.15) is 5.10 Å². The molecule has 0 atom stereocenters. The van der Waals surface area contributed by atoms with Gasteiger partial charge in [0.05, 0.1) is 0 Å². The first-order valence-corrected chi connectivity index (χ1v) is 6.84. The van der Waals surface area contributed by atoms with Gasteiger partial charge in [-0.05, 0) is 40.8 Å². The number of hydrogen-bond donors (Lipinski definition) is 0. The molecule has 2 saturated heterocycles. The van der Waals surface area contributed by atoms with E-state index < -0.39 is 0 Å². The fourth-order valence-electron chi connectivity index (χ4n) is 2.73. The zero-order chi connectivity index (χ0) is 11.6. The summed E-state index contributed by atoms with van der Waals surface area (Å²) in [6.07, 6.45) is 3.14. The first-order valence-electron chi connectivity index (χ1n) is 5.76. The van der Waals surface area contributed by atoms with E-state index in [2.05, 4.69) is 21.7 Å². The molecule has 0 amide bonds. The van der Waals surface area contributed by atoms with E-state index in [0.29, 0.717) is 11.8 Å². The van der Waals surface area contributed by atoms with Crippen molar-refractivity contribution in [3.05, 3.63) is 0 Å². The number of rotatable bonds is 4. The van der Waals surface area contributed by atoms with Crippen LogP contribution in [0.4, 0.5) is 0 Å². The van der Waals surface area contributed by atoms with Crippen LogP contribution in [-0.4, -0.2) is 53.1 Å². The highest BCUT2D eigenvalue weighted by Gasteiger charge is 2.44. The van der Waals surface area contributed by atoms with Gasteiger partial charge in [0.2, 0.25) is 0 Å². The van der Waals surface area contributed by atoms with Crippen molar-refractivity contribution in [1.82, 2.24) is 9.91 Å². The fourth-order valence-corrected chi connectivity index (χ4v) is 2.97. The van der Waals surface area contributed by atoms with Crippen molar-refractivity contribution in [2.45, 2.75) is 19.3 Å². The first-order chi connectivity index (χ1) is 7.63. The normalized spacial score (nSPS) is 24.2. The van der Waals surface area contributed by atoms with Crippen molar-refractivity contribution in [3.63, 3.8) is 0 Å². The summed E-state index contributed by atoms with van der Waals surface area (Å²) in [6.45, 7) is 8.93. The van der Waals surface area contributed by atoms with Crippen molar-refractivity contribution >= 4 is 33.1 Å². The summed E-state index contributed by atoms with van der Waals surface area (Å²) in [5.74, 6) is 0. The smallest absolute Gasteiger partial charge is 0.193 e. The Bertz CT molecular complexity index is 279. The van der Waals surface area contributed by atoms with Crippen LogP contribution >= 0.6 is 22.6 Å². The molecular weight excluding hydrogens is 317 g/mol. The molecule has 0 unspecified atom stereocenters. The van der Waals surface area contributed by atoms with Crippen molar-refractivity contribution in [1.29, 1.82) is 0 Å². The van der Waals surface area contributed by atoms with Gasteiger partial charge in [0, 0.05) is 45.9 Å². The lowest BCUT2D eigenvalue weighted by Gasteiger charge is -2.53. The van der Waals surface area contributed by atoms with E-state index in [1.165, 1.54) is 25.9 Å². The number of piperidine rings is 1. The van der Waals surface area contributed by atoms with Crippen molar-refractivity contribution in [2.75, 3.05) is 32.7 Å². The molecule has 0 aliphatic carbocycles. The van der Waals surface area contributed by atoms with E-state index in [4.69, 9.17) is 0 Å². The Morgan fingerprint density at radius 3 is 2.50 bits per heavy atom. The summed E-state index contributed by atoms with van der Waals surface area (Å²) < 4.78 is 0.268. The van der Waals surface area contributed by atoms with E-state index in [1.807, 2.05) is 22.6 Å². The number of hydrogen-bond acceptors (Lipinski definition) is 4. The SMILES string of the molecule is C=NN1CCC2(CC1)CN(CCC(=O)I)C2. The number of nitrogens with zero attached hydrogens (tertiary/aromatic N) is 3. The highest BCUT2D eigenvalue weighted by molar-refractivity contribution is 14.1. The van der Waals surface area contributed by atoms with Gasteiger partial charge in [-0.25, -0.2) is 0 Å². The minimum Gasteiger partial charge on any atom is -0.302 e. The van der Waals surface area contributed by atoms with Crippen molar-refractivity contribution in [3.8, 4) is 0 Å². The average molecular weight is 335 g/mol. The zero-order valence-corrected chi connectivity index (χ0v) is 11.6. The van der Waals surface area contributed by atoms with Gasteiger partial charge in [-0.3, -0.25) is 9.80 Å². The van der Waals surface area contributed by atoms with E-state index in [0.717, 1.165) is 19.6 Å². The Labute approximate surface area is 110 Å². The fraction of sp³-hybridized carbons (Fsp3) is 0.818. The third-order valence-corrected chi connectivity index (χ3v) is 4.28. The second kappa shape index (κ2) is 5.00. The maximum atomic E-state index is 10.9. The van der Waals surface area contributed by atoms with Crippen molar-refractivity contribution < 1.29 is 4.79 Å². The van der Waals surface area contributed by atoms with E-state index in [9.17, 15) is 4.79 Å². The monoisotopic (exact) mass is 335 g/mol. The lowest BCUT2D eigenvalue weighted by molar-refractivity contribution is -0.111. The minimum absolute atomic E-state index is 0.268. The minimum atomic E-state index is 0.268. The van der Waals surface area contributed by atoms with Crippen LogP contribution in [-0.2, 0) is 4.79 Å². The topological polar surface area (TPSA) is 35.9 Å². The van der Waals surface area contributed by atoms with Crippen LogP contribution in [0, 0.1) is 5.41 Å². The molecule has 0 saturated carbocycles. The number of halogens is 1. The van der Waals surface area contributed by atoms with Gasteiger partial charge in [0.1, 0.15) is 0 Å². The van der Waals surface area contributed by atoms with Crippen LogP contribution in [0.5, 0.6) is 0 Å². The number of hydrazone groups is 1. The average Bonchev–Trinajstić information content (AvgIpc) is 2.24. The molecule has 0 N–H and O–H groups in total. The Balaban J connectivity index is 1.71. The Kier molecular flexibility index (Phi) is 3.84. The largest absolute Gasteiger partial charge is 0.302 e. The zero-order valence-electron chi connectivity index (χ0n) is 9.49. The van der Waals surface area contributed by atoms with Gasteiger partial charge in [0.15, 0.2) is 3.79 Å². The van der Waals surface area contributed by atoms with Gasteiger partial charge in [-0.15, -0.1) is 0 Å². The molecule has 2 aliphatic rings. The summed E-state index contributed by atoms with van der Waals surface area (Å²) in [5.41, 5.74) is 0.523. The first kappa shape index (κ1) is 12.3. The molecule has 0 aromatic heterocycles. The van der Waals surface area contributed by atoms with Gasteiger partial charge >= 0.3 is 0 Å². The quantitative estimate of drug-likeness (QED) is 0.442. The molecule has 2 rings (SSSR count). The molecule has 2 heterocycles. The van der Waals surface area contributed by atoms with Crippen LogP contribution in [0.1, 0.15) is 19.3 Å². The number of likely N-dealkylation sites (tertiary alicyclic amines) is 1. The highest BCUT2D eigenvalue weighted by Crippen LogP contribution is 2.40. The summed E-state index contributed by atoms with van der Waals surface area (Å²) in [7, 11) is 0. The van der Waals surface area contributed by atoms with Crippen LogP contribution < -0.4 is 0 Å². The van der Waals surface area contributed by atoms with Crippen LogP contribution in [0.25, 0.3) is 0 Å². The van der Waals surface area contributed by atoms with E-state index in [-0.39, 0.29) is 3.79 Å². The van der Waals surface area contributed by atoms with Gasteiger partial charge in [-0.1, -0.05) is 0 Å². The van der Waals surface area contributed by atoms with Crippen molar-refractivity contribution in [2.24, 2.45) is 10.5 Å². The predicted octanol–water partition coefficient (Wildman–Crippen LogP) is 1.35. The summed E-state index contributed by atoms with van der Waals surface area (Å²) >= 11 is 1.88. The standard InChI is InChI=1S/C11H18IN3O/c1-13-15-6-3-11(4-7-15)8-14(9-11)5-2-10(12)16/h1-9H2. The summed E-state index contributed by atoms with van der Waals surface area (Å²) in [5, 5.41) is 6.03. The molecular formula is C11H18IN3O. The molecule has 0 aromatic carbocycles. The van der Waals surface area contributed by atoms with Crippen LogP contribution in [0.15, 0.2) is 5.10 Å². The lowest BCUT2D eigenvalue weighted by atomic mass is 9.72. The second-order valence-corrected chi connectivity index (χ2v) is 6.11. The highest BCUT2D eigenvalue weighted by atomic mass is 127. The molecule has 16 heavy (non-hydrogen) atoms. The van der Waals surface area contributed by atoms with Crippen LogP contribution in [0.3, 0.4) is 0 Å². The maximum absolute atomic E-state index is 10.9. The Morgan fingerprint density at radius 1 is 1.38 bits per heavy atom. The second-order valence-electron chi connectivity index (χ2n) is 4.91. The Morgan fingerprint density at radius 2 is 2.00 bits per heavy atom. The number of carbonyl (C=O) groups is 1. The summed E-state index contributed by atoms with van der Waals surface area (Å²) in [6, 6.07) is 0. The third kappa shape index (κ3) is 2.74. The molecule has 2 aliphatic heterocycles. The van der Waals surface area contributed by atoms with E-state index in [1.54, 1.807) is 0 Å². The summed E-state index contributed by atoms with van der Waals surface area (Å²) in [4.78, 5) is 13.3. The molecule has 1 spiro atoms. The molecule has 0 bridgehead atoms. The third-order valence-electron chi connectivity index (χ3n) is 3.74. The molecule has 4 nitrogen and oxygen atoms in total. The molecule has 0 aromatic rings. The molecule has 2 fully saturated rings. The molecule has 90 valence electrons. The van der Waals surface area contributed by atoms with E-state index >= 15 is 0 Å². The van der Waals surface area contributed by atoms with Gasteiger partial charge < -0.3 is 4.90 Å². The Hall–Kier alpha value is -0.170. The molecule has 0 radical (unpaired) electrons. The predicted molar refractivity (Wildman–Crippen MR) is 72.9 cm³/mol. The lowest BCUT2D eigenvalue weighted by Crippen LogP contribution is -2.59. The molecule has 5 heteroatoms. The van der Waals surface area contributed by atoms with Crippen LogP contribution in [0.2, 0.25) is 0 Å². The number of carbonyl (C=O) groups excluding carboxylic acids is 1. The maximum Gasteiger partial charge on any atom is 0.193 e.